The van der Waals surface area contributed by atoms with Crippen molar-refractivity contribution in [3.8, 4) is 5.75 Å². The molecule has 4 aromatic rings. The summed E-state index contributed by atoms with van der Waals surface area (Å²) >= 11 is 0. The molecule has 138 valence electrons. The number of hydrogen-bond donors (Lipinski definition) is 1. The normalized spacial score (nSPS) is 24.5. The molecule has 0 bridgehead atoms. The molecule has 7 rings (SSSR count). The second kappa shape index (κ2) is 5.09. The Balaban J connectivity index is 1.59. The molecule has 0 saturated heterocycles. The fourth-order valence-corrected chi connectivity index (χ4v) is 5.59. The predicted molar refractivity (Wildman–Crippen MR) is 118 cm³/mol. The van der Waals surface area contributed by atoms with Gasteiger partial charge in [0.05, 0.1) is 0 Å². The van der Waals surface area contributed by atoms with Crippen LogP contribution in [0.1, 0.15) is 12.0 Å². The van der Waals surface area contributed by atoms with Gasteiger partial charge in [0.25, 0.3) is 0 Å². The maximum atomic E-state index is 11.1. The molecule has 1 fully saturated rings. The molecule has 0 radical (unpaired) electrons. The fraction of sp³-hybridized carbons (Fsp3) is 0.111. The largest absolute Gasteiger partial charge is 0.507 e. The standard InChI is InChI=1S/C27H18O2/c28-22-14-24-26(19-9-1-2-13-23(19)29-24)20-11-5-10-18(25(20)22)21-12-4-7-16-6-3-8-17-15-27(16,17)21/h1-14,17,28H,15H2. The van der Waals surface area contributed by atoms with Gasteiger partial charge in [-0.2, -0.15) is 0 Å². The minimum Gasteiger partial charge on any atom is -0.507 e. The highest BCUT2D eigenvalue weighted by molar-refractivity contribution is 6.22. The van der Waals surface area contributed by atoms with Gasteiger partial charge in [0, 0.05) is 27.6 Å². The van der Waals surface area contributed by atoms with E-state index in [1.165, 1.54) is 11.1 Å². The van der Waals surface area contributed by atoms with Crippen molar-refractivity contribution in [1.82, 2.24) is 0 Å². The van der Waals surface area contributed by atoms with Gasteiger partial charge in [0.15, 0.2) is 0 Å². The Kier molecular flexibility index (Phi) is 2.71. The monoisotopic (exact) mass is 374 g/mol. The summed E-state index contributed by atoms with van der Waals surface area (Å²) in [6.07, 6.45) is 14.5. The minimum absolute atomic E-state index is 0.0671. The SMILES string of the molecule is Oc1cc2oc3ccccc3c2c2cccc(C3=CC=CC4=CC=CC5CC435)c12. The van der Waals surface area contributed by atoms with Crippen LogP contribution in [0, 0.1) is 11.3 Å². The first-order valence-electron chi connectivity index (χ1n) is 10.1. The molecule has 1 heterocycles. The Labute approximate surface area is 167 Å². The molecular formula is C27H18O2. The molecule has 1 spiro atoms. The zero-order valence-electron chi connectivity index (χ0n) is 15.7. The van der Waals surface area contributed by atoms with E-state index in [-0.39, 0.29) is 11.2 Å². The van der Waals surface area contributed by atoms with E-state index in [1.807, 2.05) is 18.2 Å². The summed E-state index contributed by atoms with van der Waals surface area (Å²) < 4.78 is 6.04. The number of benzene rings is 3. The van der Waals surface area contributed by atoms with E-state index in [0.29, 0.717) is 5.92 Å². The Morgan fingerprint density at radius 1 is 0.897 bits per heavy atom. The fourth-order valence-electron chi connectivity index (χ4n) is 5.59. The summed E-state index contributed by atoms with van der Waals surface area (Å²) in [6.45, 7) is 0. The van der Waals surface area contributed by atoms with E-state index >= 15 is 0 Å². The molecule has 2 nitrogen and oxygen atoms in total. The number of aromatic hydroxyl groups is 1. The van der Waals surface area contributed by atoms with Crippen LogP contribution in [0.15, 0.2) is 95.0 Å². The van der Waals surface area contributed by atoms with Crippen molar-refractivity contribution >= 4 is 38.3 Å². The number of para-hydroxylation sites is 1. The molecule has 0 amide bonds. The van der Waals surface area contributed by atoms with Gasteiger partial charge >= 0.3 is 0 Å². The van der Waals surface area contributed by atoms with Gasteiger partial charge in [0.1, 0.15) is 16.9 Å². The van der Waals surface area contributed by atoms with Crippen molar-refractivity contribution in [2.75, 3.05) is 0 Å². The Morgan fingerprint density at radius 3 is 2.76 bits per heavy atom. The number of fused-ring (bicyclic) bond motifs is 5. The van der Waals surface area contributed by atoms with E-state index < -0.39 is 0 Å². The summed E-state index contributed by atoms with van der Waals surface area (Å²) in [5.74, 6) is 0.831. The topological polar surface area (TPSA) is 33.4 Å². The first kappa shape index (κ1) is 15.4. The first-order chi connectivity index (χ1) is 14.3. The number of phenols is 1. The van der Waals surface area contributed by atoms with Crippen LogP contribution in [0.3, 0.4) is 0 Å². The van der Waals surface area contributed by atoms with E-state index in [0.717, 1.165) is 44.7 Å². The van der Waals surface area contributed by atoms with Crippen LogP contribution in [0.2, 0.25) is 0 Å². The molecule has 2 atom stereocenters. The zero-order valence-corrected chi connectivity index (χ0v) is 15.7. The van der Waals surface area contributed by atoms with Crippen molar-refractivity contribution in [1.29, 1.82) is 0 Å². The molecule has 2 unspecified atom stereocenters. The summed E-state index contributed by atoms with van der Waals surface area (Å²) in [4.78, 5) is 0. The number of allylic oxidation sites excluding steroid dienone is 8. The van der Waals surface area contributed by atoms with Gasteiger partial charge in [-0.05, 0) is 40.5 Å². The highest BCUT2D eigenvalue weighted by Gasteiger charge is 2.58. The third kappa shape index (κ3) is 1.82. The molecule has 1 N–H and O–H groups in total. The minimum atomic E-state index is 0.0671. The molecule has 1 saturated carbocycles. The smallest absolute Gasteiger partial charge is 0.139 e. The lowest BCUT2D eigenvalue weighted by Crippen LogP contribution is -2.14. The van der Waals surface area contributed by atoms with Crippen molar-refractivity contribution in [3.63, 3.8) is 0 Å². The third-order valence-corrected chi connectivity index (χ3v) is 6.94. The number of phenolic OH excluding ortho intramolecular Hbond substituents is 1. The van der Waals surface area contributed by atoms with Crippen molar-refractivity contribution in [2.45, 2.75) is 6.42 Å². The number of hydrogen-bond acceptors (Lipinski definition) is 2. The van der Waals surface area contributed by atoms with Gasteiger partial charge in [-0.25, -0.2) is 0 Å². The molecule has 3 aliphatic rings. The van der Waals surface area contributed by atoms with Gasteiger partial charge in [-0.3, -0.25) is 0 Å². The van der Waals surface area contributed by atoms with Crippen molar-refractivity contribution < 1.29 is 9.52 Å². The Morgan fingerprint density at radius 2 is 1.79 bits per heavy atom. The molecule has 2 heteroatoms. The van der Waals surface area contributed by atoms with Gasteiger partial charge < -0.3 is 9.52 Å². The van der Waals surface area contributed by atoms with Gasteiger partial charge in [0.2, 0.25) is 0 Å². The van der Waals surface area contributed by atoms with Crippen LogP contribution < -0.4 is 0 Å². The lowest BCUT2D eigenvalue weighted by atomic mass is 9.75. The quantitative estimate of drug-likeness (QED) is 0.393. The number of rotatable bonds is 1. The van der Waals surface area contributed by atoms with Crippen LogP contribution >= 0.6 is 0 Å². The Hall–Kier alpha value is -3.52. The average Bonchev–Trinajstić information content (AvgIpc) is 3.36. The van der Waals surface area contributed by atoms with Crippen LogP contribution in [-0.4, -0.2) is 5.11 Å². The molecule has 3 aliphatic carbocycles. The maximum Gasteiger partial charge on any atom is 0.139 e. The first-order valence-corrected chi connectivity index (χ1v) is 10.1. The molecule has 1 aromatic heterocycles. The second-order valence-electron chi connectivity index (χ2n) is 8.32. The van der Waals surface area contributed by atoms with Crippen LogP contribution in [0.25, 0.3) is 38.3 Å². The molecular weight excluding hydrogens is 356 g/mol. The summed E-state index contributed by atoms with van der Waals surface area (Å²) in [6, 6.07) is 16.2. The zero-order chi connectivity index (χ0) is 19.2. The van der Waals surface area contributed by atoms with E-state index in [9.17, 15) is 5.11 Å². The molecule has 3 aromatic carbocycles. The van der Waals surface area contributed by atoms with Gasteiger partial charge in [-0.15, -0.1) is 0 Å². The highest BCUT2D eigenvalue weighted by Crippen LogP contribution is 2.69. The summed E-state index contributed by atoms with van der Waals surface area (Å²) in [5, 5.41) is 15.2. The number of furan rings is 1. The highest BCUT2D eigenvalue weighted by atomic mass is 16.3. The van der Waals surface area contributed by atoms with E-state index in [4.69, 9.17) is 4.42 Å². The van der Waals surface area contributed by atoms with Crippen molar-refractivity contribution in [2.24, 2.45) is 11.3 Å². The molecule has 29 heavy (non-hydrogen) atoms. The Bertz CT molecular complexity index is 1490. The van der Waals surface area contributed by atoms with E-state index in [2.05, 4.69) is 60.7 Å². The van der Waals surface area contributed by atoms with Crippen LogP contribution in [0.4, 0.5) is 0 Å². The average molecular weight is 374 g/mol. The van der Waals surface area contributed by atoms with E-state index in [1.54, 1.807) is 6.07 Å². The van der Waals surface area contributed by atoms with Crippen LogP contribution in [-0.2, 0) is 0 Å². The lowest BCUT2D eigenvalue weighted by Gasteiger charge is -2.28. The maximum absolute atomic E-state index is 11.1. The lowest BCUT2D eigenvalue weighted by molar-refractivity contribution is 0.481. The van der Waals surface area contributed by atoms with Crippen LogP contribution in [0.5, 0.6) is 5.75 Å². The second-order valence-corrected chi connectivity index (χ2v) is 8.32. The van der Waals surface area contributed by atoms with Crippen molar-refractivity contribution in [3.05, 3.63) is 96.1 Å². The van der Waals surface area contributed by atoms with Gasteiger partial charge in [-0.1, -0.05) is 72.9 Å². The molecule has 0 aliphatic heterocycles. The predicted octanol–water partition coefficient (Wildman–Crippen LogP) is 6.90. The third-order valence-electron chi connectivity index (χ3n) is 6.94. The summed E-state index contributed by atoms with van der Waals surface area (Å²) in [5.41, 5.74) is 5.47. The summed E-state index contributed by atoms with van der Waals surface area (Å²) in [7, 11) is 0.